The molecule has 2 aromatic rings. The first-order valence-electron chi connectivity index (χ1n) is 7.08. The van der Waals surface area contributed by atoms with E-state index in [1.165, 1.54) is 0 Å². The van der Waals surface area contributed by atoms with Gasteiger partial charge in [0.2, 0.25) is 0 Å². The number of hydrogen-bond donors (Lipinski definition) is 1. The number of urea groups is 1. The van der Waals surface area contributed by atoms with Gasteiger partial charge >= 0.3 is 6.03 Å². The molecule has 1 saturated heterocycles. The second-order valence-corrected chi connectivity index (χ2v) is 5.50. The Hall–Kier alpha value is -3.20. The normalized spacial score (nSPS) is 20.3. The van der Waals surface area contributed by atoms with Crippen LogP contribution in [0, 0.1) is 11.3 Å². The van der Waals surface area contributed by atoms with Gasteiger partial charge in [0.15, 0.2) is 0 Å². The van der Waals surface area contributed by atoms with Crippen molar-refractivity contribution in [3.63, 3.8) is 0 Å². The van der Waals surface area contributed by atoms with Crippen LogP contribution in [0.3, 0.4) is 0 Å². The van der Waals surface area contributed by atoms with Gasteiger partial charge in [-0.2, -0.15) is 5.26 Å². The number of rotatable bonds is 3. The summed E-state index contributed by atoms with van der Waals surface area (Å²) in [5, 5.41) is 11.7. The minimum atomic E-state index is -1.13. The maximum Gasteiger partial charge on any atom is 0.325 e. The third-order valence-corrected chi connectivity index (χ3v) is 3.91. The van der Waals surface area contributed by atoms with Crippen LogP contribution in [0.1, 0.15) is 23.6 Å². The third-order valence-electron chi connectivity index (χ3n) is 3.91. The molecular formula is C17H14N4O2. The van der Waals surface area contributed by atoms with Gasteiger partial charge in [0.05, 0.1) is 18.2 Å². The van der Waals surface area contributed by atoms with Gasteiger partial charge in [-0.3, -0.25) is 14.7 Å². The van der Waals surface area contributed by atoms with Crippen molar-refractivity contribution in [1.82, 2.24) is 15.2 Å². The van der Waals surface area contributed by atoms with E-state index in [1.54, 1.807) is 55.7 Å². The molecule has 0 bridgehead atoms. The number of pyridine rings is 1. The molecule has 3 amide bonds. The lowest BCUT2D eigenvalue weighted by Crippen LogP contribution is -2.40. The largest absolute Gasteiger partial charge is 0.325 e. The molecule has 6 nitrogen and oxygen atoms in total. The zero-order valence-corrected chi connectivity index (χ0v) is 12.5. The van der Waals surface area contributed by atoms with Crippen LogP contribution in [0.25, 0.3) is 0 Å². The summed E-state index contributed by atoms with van der Waals surface area (Å²) in [5.74, 6) is -0.335. The van der Waals surface area contributed by atoms with Crippen LogP contribution in [0.15, 0.2) is 48.8 Å². The first-order chi connectivity index (χ1) is 11.0. The van der Waals surface area contributed by atoms with E-state index in [9.17, 15) is 9.59 Å². The molecule has 1 aromatic carbocycles. The van der Waals surface area contributed by atoms with Crippen LogP contribution in [0.5, 0.6) is 0 Å². The molecule has 1 atom stereocenters. The van der Waals surface area contributed by atoms with Crippen LogP contribution < -0.4 is 5.32 Å². The van der Waals surface area contributed by atoms with Crippen LogP contribution in [0.2, 0.25) is 0 Å². The number of benzene rings is 1. The van der Waals surface area contributed by atoms with E-state index in [0.717, 1.165) is 10.5 Å². The minimum absolute atomic E-state index is 0.121. The van der Waals surface area contributed by atoms with Crippen LogP contribution >= 0.6 is 0 Å². The van der Waals surface area contributed by atoms with Crippen molar-refractivity contribution in [3.05, 3.63) is 65.5 Å². The Morgan fingerprint density at radius 2 is 2.13 bits per heavy atom. The van der Waals surface area contributed by atoms with Crippen molar-refractivity contribution in [3.8, 4) is 6.07 Å². The highest BCUT2D eigenvalue weighted by Gasteiger charge is 2.49. The Bertz CT molecular complexity index is 813. The number of nitrogens with zero attached hydrogens (tertiary/aromatic N) is 3. The molecule has 1 fully saturated rings. The predicted molar refractivity (Wildman–Crippen MR) is 81.8 cm³/mol. The highest BCUT2D eigenvalue weighted by atomic mass is 16.2. The predicted octanol–water partition coefficient (Wildman–Crippen LogP) is 1.92. The fraction of sp³-hybridized carbons (Fsp3) is 0.176. The summed E-state index contributed by atoms with van der Waals surface area (Å²) in [7, 11) is 0. The van der Waals surface area contributed by atoms with Gasteiger partial charge in [0, 0.05) is 18.0 Å². The number of hydrogen-bond acceptors (Lipinski definition) is 4. The molecule has 2 heterocycles. The number of amides is 3. The number of carbonyl (C=O) groups is 2. The van der Waals surface area contributed by atoms with E-state index >= 15 is 0 Å². The maximum atomic E-state index is 12.7. The number of imide groups is 1. The summed E-state index contributed by atoms with van der Waals surface area (Å²) >= 11 is 0. The van der Waals surface area contributed by atoms with Gasteiger partial charge in [-0.25, -0.2) is 4.79 Å². The fourth-order valence-corrected chi connectivity index (χ4v) is 2.62. The number of carbonyl (C=O) groups excluding carboxylic acids is 2. The molecule has 6 heteroatoms. The van der Waals surface area contributed by atoms with Crippen molar-refractivity contribution in [1.29, 1.82) is 5.26 Å². The van der Waals surface area contributed by atoms with Crippen molar-refractivity contribution in [2.24, 2.45) is 0 Å². The van der Waals surface area contributed by atoms with Crippen molar-refractivity contribution in [2.45, 2.75) is 19.0 Å². The quantitative estimate of drug-likeness (QED) is 0.878. The zero-order valence-electron chi connectivity index (χ0n) is 12.5. The van der Waals surface area contributed by atoms with Crippen LogP contribution in [-0.2, 0) is 16.9 Å². The minimum Gasteiger partial charge on any atom is -0.319 e. The Balaban J connectivity index is 1.89. The van der Waals surface area contributed by atoms with Gasteiger partial charge in [0.25, 0.3) is 5.91 Å². The summed E-state index contributed by atoms with van der Waals surface area (Å²) in [5.41, 5.74) is 0.720. The number of nitriles is 1. The second-order valence-electron chi connectivity index (χ2n) is 5.50. The molecule has 1 unspecified atom stereocenters. The molecule has 23 heavy (non-hydrogen) atoms. The molecule has 1 aliphatic heterocycles. The van der Waals surface area contributed by atoms with Crippen LogP contribution in [0.4, 0.5) is 4.79 Å². The van der Waals surface area contributed by atoms with Crippen molar-refractivity contribution < 1.29 is 9.59 Å². The van der Waals surface area contributed by atoms with Gasteiger partial charge in [-0.05, 0) is 30.7 Å². The lowest BCUT2D eigenvalue weighted by atomic mass is 9.93. The molecule has 0 aliphatic carbocycles. The first kappa shape index (κ1) is 14.7. The summed E-state index contributed by atoms with van der Waals surface area (Å²) in [4.78, 5) is 30.2. The molecule has 0 radical (unpaired) electrons. The molecule has 0 spiro atoms. The van der Waals surface area contributed by atoms with E-state index in [4.69, 9.17) is 5.26 Å². The Kier molecular flexibility index (Phi) is 3.54. The third kappa shape index (κ3) is 2.53. The molecule has 3 rings (SSSR count). The maximum absolute atomic E-state index is 12.7. The summed E-state index contributed by atoms with van der Waals surface area (Å²) < 4.78 is 0. The molecule has 1 N–H and O–H groups in total. The van der Waals surface area contributed by atoms with Crippen molar-refractivity contribution >= 4 is 11.9 Å². The molecule has 114 valence electrons. The molecule has 0 saturated carbocycles. The zero-order chi connectivity index (χ0) is 16.4. The van der Waals surface area contributed by atoms with E-state index in [-0.39, 0.29) is 12.5 Å². The average Bonchev–Trinajstić information content (AvgIpc) is 2.80. The Morgan fingerprint density at radius 3 is 2.83 bits per heavy atom. The molecule has 1 aromatic heterocycles. The Morgan fingerprint density at radius 1 is 1.30 bits per heavy atom. The van der Waals surface area contributed by atoms with E-state index in [1.807, 2.05) is 6.07 Å². The van der Waals surface area contributed by atoms with Gasteiger partial charge in [-0.1, -0.05) is 18.2 Å². The number of nitrogens with one attached hydrogen (secondary N) is 1. The van der Waals surface area contributed by atoms with Gasteiger partial charge in [0.1, 0.15) is 5.54 Å². The average molecular weight is 306 g/mol. The standard InChI is InChI=1S/C17H14N4O2/c1-17(14-6-3-7-19-10-14)15(22)21(16(23)20-17)11-13-5-2-4-12(8-13)9-18/h2-8,10H,11H2,1H3,(H,20,23). The van der Waals surface area contributed by atoms with Crippen molar-refractivity contribution in [2.75, 3.05) is 0 Å². The van der Waals surface area contributed by atoms with Gasteiger partial charge in [-0.15, -0.1) is 0 Å². The van der Waals surface area contributed by atoms with Gasteiger partial charge < -0.3 is 5.32 Å². The summed E-state index contributed by atoms with van der Waals surface area (Å²) in [6.07, 6.45) is 3.18. The topological polar surface area (TPSA) is 86.1 Å². The summed E-state index contributed by atoms with van der Waals surface area (Å²) in [6.45, 7) is 1.78. The first-order valence-corrected chi connectivity index (χ1v) is 7.08. The molecule has 1 aliphatic rings. The monoisotopic (exact) mass is 306 g/mol. The lowest BCUT2D eigenvalue weighted by Gasteiger charge is -2.21. The highest BCUT2D eigenvalue weighted by molar-refractivity contribution is 6.07. The lowest BCUT2D eigenvalue weighted by molar-refractivity contribution is -0.131. The molecular weight excluding hydrogens is 292 g/mol. The summed E-state index contributed by atoms with van der Waals surface area (Å²) in [6, 6.07) is 11.9. The second kappa shape index (κ2) is 5.54. The van der Waals surface area contributed by atoms with Crippen LogP contribution in [-0.4, -0.2) is 21.8 Å². The highest BCUT2D eigenvalue weighted by Crippen LogP contribution is 2.29. The smallest absolute Gasteiger partial charge is 0.319 e. The van der Waals surface area contributed by atoms with E-state index in [0.29, 0.717) is 11.1 Å². The fourth-order valence-electron chi connectivity index (χ4n) is 2.62. The van der Waals surface area contributed by atoms with E-state index in [2.05, 4.69) is 10.3 Å². The Labute approximate surface area is 133 Å². The van der Waals surface area contributed by atoms with E-state index < -0.39 is 11.6 Å². The number of aromatic nitrogens is 1. The SMILES string of the molecule is CC1(c2cccnc2)NC(=O)N(Cc2cccc(C#N)c2)C1=O.